The summed E-state index contributed by atoms with van der Waals surface area (Å²) in [6.45, 7) is 1.81. The fourth-order valence-electron chi connectivity index (χ4n) is 1.81. The molecule has 2 aromatic carbocycles. The Balaban J connectivity index is 2.15. The predicted octanol–water partition coefficient (Wildman–Crippen LogP) is 4.31. The second kappa shape index (κ2) is 5.63. The molecule has 112 valence electrons. The van der Waals surface area contributed by atoms with Gasteiger partial charge in [-0.2, -0.15) is 13.2 Å². The summed E-state index contributed by atoms with van der Waals surface area (Å²) >= 11 is 0. The molecule has 0 atom stereocenters. The third-order valence-corrected chi connectivity index (χ3v) is 3.03. The highest BCUT2D eigenvalue weighted by Gasteiger charge is 2.30. The summed E-state index contributed by atoms with van der Waals surface area (Å²) in [5, 5.41) is 0. The normalized spacial score (nSPS) is 11.5. The van der Waals surface area contributed by atoms with Crippen molar-refractivity contribution in [2.75, 3.05) is 5.73 Å². The van der Waals surface area contributed by atoms with Crippen molar-refractivity contribution in [3.8, 4) is 5.75 Å². The quantitative estimate of drug-likeness (QED) is 0.677. The first kappa shape index (κ1) is 15.2. The molecule has 2 N–H and O–H groups in total. The summed E-state index contributed by atoms with van der Waals surface area (Å²) in [5.41, 5.74) is 6.03. The van der Waals surface area contributed by atoms with Gasteiger partial charge in [-0.3, -0.25) is 0 Å². The van der Waals surface area contributed by atoms with Crippen molar-refractivity contribution in [2.24, 2.45) is 0 Å². The van der Waals surface area contributed by atoms with Crippen LogP contribution in [0.3, 0.4) is 0 Å². The molecule has 0 heterocycles. The molecule has 0 aliphatic heterocycles. The minimum atomic E-state index is -4.45. The molecule has 0 saturated heterocycles. The first-order valence-corrected chi connectivity index (χ1v) is 6.12. The largest absolute Gasteiger partial charge is 0.487 e. The van der Waals surface area contributed by atoms with Crippen molar-refractivity contribution in [3.63, 3.8) is 0 Å². The number of alkyl halides is 3. The van der Waals surface area contributed by atoms with E-state index in [1.807, 2.05) is 0 Å². The summed E-state index contributed by atoms with van der Waals surface area (Å²) < 4.78 is 56.0. The average molecular weight is 299 g/mol. The van der Waals surface area contributed by atoms with Crippen LogP contribution in [-0.2, 0) is 12.8 Å². The number of aryl methyl sites for hydroxylation is 1. The van der Waals surface area contributed by atoms with E-state index >= 15 is 0 Å². The second-order valence-corrected chi connectivity index (χ2v) is 4.61. The fourth-order valence-corrected chi connectivity index (χ4v) is 1.81. The molecule has 0 aromatic heterocycles. The lowest BCUT2D eigenvalue weighted by atomic mass is 10.1. The van der Waals surface area contributed by atoms with Gasteiger partial charge >= 0.3 is 6.18 Å². The fraction of sp³-hybridized carbons (Fsp3) is 0.200. The maximum atomic E-state index is 13.1. The summed E-state index contributed by atoms with van der Waals surface area (Å²) in [6.07, 6.45) is -4.45. The first-order chi connectivity index (χ1) is 9.77. The zero-order valence-corrected chi connectivity index (χ0v) is 11.2. The monoisotopic (exact) mass is 299 g/mol. The Hall–Kier alpha value is -2.24. The Morgan fingerprint density at radius 1 is 1.10 bits per heavy atom. The summed E-state index contributed by atoms with van der Waals surface area (Å²) in [5.74, 6) is -0.272. The Labute approximate surface area is 119 Å². The van der Waals surface area contributed by atoms with E-state index in [1.165, 1.54) is 12.1 Å². The number of rotatable bonds is 3. The lowest BCUT2D eigenvalue weighted by Crippen LogP contribution is -2.07. The van der Waals surface area contributed by atoms with E-state index in [9.17, 15) is 17.6 Å². The minimum Gasteiger partial charge on any atom is -0.487 e. The molecule has 0 radical (unpaired) electrons. The molecule has 6 heteroatoms. The van der Waals surface area contributed by atoms with Gasteiger partial charge < -0.3 is 10.5 Å². The highest BCUT2D eigenvalue weighted by Crippen LogP contribution is 2.34. The number of nitrogens with two attached hydrogens (primary N) is 1. The van der Waals surface area contributed by atoms with Crippen molar-refractivity contribution in [1.29, 1.82) is 0 Å². The molecule has 0 saturated carbocycles. The molecule has 0 aliphatic rings. The van der Waals surface area contributed by atoms with E-state index in [0.717, 1.165) is 23.8 Å². The molecule has 0 amide bonds. The van der Waals surface area contributed by atoms with Crippen LogP contribution in [0, 0.1) is 12.7 Å². The topological polar surface area (TPSA) is 35.2 Å². The van der Waals surface area contributed by atoms with E-state index in [-0.39, 0.29) is 18.0 Å². The molecule has 2 rings (SSSR count). The van der Waals surface area contributed by atoms with Crippen LogP contribution in [0.25, 0.3) is 0 Å². The summed E-state index contributed by atoms with van der Waals surface area (Å²) in [4.78, 5) is 0. The second-order valence-electron chi connectivity index (χ2n) is 4.61. The smallest absolute Gasteiger partial charge is 0.416 e. The van der Waals surface area contributed by atoms with Gasteiger partial charge in [-0.05, 0) is 48.4 Å². The average Bonchev–Trinajstić information content (AvgIpc) is 2.40. The maximum absolute atomic E-state index is 13.1. The Kier molecular flexibility index (Phi) is 4.06. The zero-order valence-electron chi connectivity index (χ0n) is 11.2. The van der Waals surface area contributed by atoms with Crippen LogP contribution in [0.4, 0.5) is 23.2 Å². The Morgan fingerprint density at radius 3 is 2.43 bits per heavy atom. The minimum absolute atomic E-state index is 0.0269. The Bertz CT molecular complexity index is 653. The van der Waals surface area contributed by atoms with Crippen LogP contribution in [0.5, 0.6) is 5.75 Å². The van der Waals surface area contributed by atoms with Crippen molar-refractivity contribution < 1.29 is 22.3 Å². The van der Waals surface area contributed by atoms with E-state index in [4.69, 9.17) is 10.5 Å². The molecule has 0 aliphatic carbocycles. The number of halogens is 4. The molecule has 21 heavy (non-hydrogen) atoms. The van der Waals surface area contributed by atoms with E-state index in [2.05, 4.69) is 0 Å². The van der Waals surface area contributed by atoms with Gasteiger partial charge in [0.05, 0.1) is 11.3 Å². The van der Waals surface area contributed by atoms with Crippen molar-refractivity contribution >= 4 is 5.69 Å². The highest BCUT2D eigenvalue weighted by atomic mass is 19.4. The summed E-state index contributed by atoms with van der Waals surface area (Å²) in [6, 6.07) is 7.11. The van der Waals surface area contributed by atoms with Gasteiger partial charge in [-0.25, -0.2) is 4.39 Å². The third-order valence-electron chi connectivity index (χ3n) is 3.03. The first-order valence-electron chi connectivity index (χ1n) is 6.12. The molecule has 0 fully saturated rings. The van der Waals surface area contributed by atoms with E-state index in [1.54, 1.807) is 13.0 Å². The summed E-state index contributed by atoms with van der Waals surface area (Å²) in [7, 11) is 0. The molecule has 0 bridgehead atoms. The number of hydrogen-bond donors (Lipinski definition) is 1. The maximum Gasteiger partial charge on any atom is 0.416 e. The zero-order chi connectivity index (χ0) is 15.6. The third kappa shape index (κ3) is 3.65. The number of hydrogen-bond acceptors (Lipinski definition) is 2. The molecular weight excluding hydrogens is 286 g/mol. The van der Waals surface area contributed by atoms with E-state index in [0.29, 0.717) is 5.56 Å². The Morgan fingerprint density at radius 2 is 1.81 bits per heavy atom. The van der Waals surface area contributed by atoms with Gasteiger partial charge in [0.25, 0.3) is 0 Å². The van der Waals surface area contributed by atoms with Crippen LogP contribution in [-0.4, -0.2) is 0 Å². The van der Waals surface area contributed by atoms with Crippen molar-refractivity contribution in [1.82, 2.24) is 0 Å². The van der Waals surface area contributed by atoms with Crippen LogP contribution in [0.15, 0.2) is 36.4 Å². The van der Waals surface area contributed by atoms with Gasteiger partial charge in [-0.15, -0.1) is 0 Å². The standard InChI is InChI=1S/C15H13F4NO/c1-9-2-4-12(16)6-10(9)8-21-14-5-3-11(7-13(14)20)15(17,18)19/h2-7H,8,20H2,1H3. The number of ether oxygens (including phenoxy) is 1. The SMILES string of the molecule is Cc1ccc(F)cc1COc1ccc(C(F)(F)F)cc1N. The van der Waals surface area contributed by atoms with E-state index < -0.39 is 17.6 Å². The molecular formula is C15H13F4NO. The molecule has 2 nitrogen and oxygen atoms in total. The number of anilines is 1. The van der Waals surface area contributed by atoms with Gasteiger partial charge in [0, 0.05) is 0 Å². The van der Waals surface area contributed by atoms with Crippen LogP contribution < -0.4 is 10.5 Å². The number of benzene rings is 2. The lowest BCUT2D eigenvalue weighted by molar-refractivity contribution is -0.137. The van der Waals surface area contributed by atoms with Crippen LogP contribution in [0.2, 0.25) is 0 Å². The molecule has 0 unspecified atom stereocenters. The van der Waals surface area contributed by atoms with Crippen LogP contribution >= 0.6 is 0 Å². The highest BCUT2D eigenvalue weighted by molar-refractivity contribution is 5.54. The van der Waals surface area contributed by atoms with Crippen molar-refractivity contribution in [3.05, 3.63) is 58.9 Å². The van der Waals surface area contributed by atoms with Gasteiger partial charge in [0.2, 0.25) is 0 Å². The lowest BCUT2D eigenvalue weighted by Gasteiger charge is -2.13. The van der Waals surface area contributed by atoms with Gasteiger partial charge in [0.1, 0.15) is 18.2 Å². The molecule has 0 spiro atoms. The van der Waals surface area contributed by atoms with Crippen LogP contribution in [0.1, 0.15) is 16.7 Å². The van der Waals surface area contributed by atoms with Gasteiger partial charge in [0.15, 0.2) is 0 Å². The van der Waals surface area contributed by atoms with Gasteiger partial charge in [-0.1, -0.05) is 6.07 Å². The van der Waals surface area contributed by atoms with Crippen molar-refractivity contribution in [2.45, 2.75) is 19.7 Å². The predicted molar refractivity (Wildman–Crippen MR) is 71.3 cm³/mol. The molecule has 2 aromatic rings. The number of nitrogen functional groups attached to an aromatic ring is 1.